The Morgan fingerprint density at radius 2 is 1.68 bits per heavy atom. The summed E-state index contributed by atoms with van der Waals surface area (Å²) in [4.78, 5) is 22.2. The van der Waals surface area contributed by atoms with E-state index >= 15 is 0 Å². The van der Waals surface area contributed by atoms with E-state index in [2.05, 4.69) is 0 Å². The van der Waals surface area contributed by atoms with Crippen LogP contribution in [0.4, 0.5) is 0 Å². The zero-order valence-corrected chi connectivity index (χ0v) is 25.7. The predicted molar refractivity (Wildman–Crippen MR) is 155 cm³/mol. The van der Waals surface area contributed by atoms with Gasteiger partial charge >= 0.3 is 0 Å². The Morgan fingerprint density at radius 1 is 1.14 bits per heavy atom. The molecule has 0 saturated carbocycles. The standard InChI is InChI=1S/C29H42N4O3.BrH/c1-11-36-26-17(2)19-14-33(27(30)24(19)31-22(26)15-32(9)10)16-23(34)18-12-20(28(3,4)5)25(35)21(13-18)29(6,7)8;/h12-13,30,35H,11,14-16H2,1-10H3;1H. The molecule has 0 amide bonds. The molecule has 0 bridgehead atoms. The summed E-state index contributed by atoms with van der Waals surface area (Å²) in [5, 5.41) is 19.8. The van der Waals surface area contributed by atoms with E-state index in [9.17, 15) is 9.90 Å². The molecule has 1 aliphatic rings. The molecule has 1 aromatic heterocycles. The van der Waals surface area contributed by atoms with Crippen molar-refractivity contribution in [3.8, 4) is 11.5 Å². The Kier molecular flexibility index (Phi) is 9.24. The molecule has 0 aliphatic carbocycles. The fraction of sp³-hybridized carbons (Fsp3) is 0.552. The van der Waals surface area contributed by atoms with Gasteiger partial charge < -0.3 is 19.6 Å². The van der Waals surface area contributed by atoms with Crippen LogP contribution in [0.2, 0.25) is 0 Å². The number of Topliss-reactive ketones (excluding diaryl/α,β-unsaturated/α-hetero) is 1. The number of hydrogen-bond donors (Lipinski definition) is 2. The van der Waals surface area contributed by atoms with Crippen LogP contribution in [-0.2, 0) is 23.9 Å². The lowest BCUT2D eigenvalue weighted by molar-refractivity contribution is 0.0962. The monoisotopic (exact) mass is 574 g/mol. The topological polar surface area (TPSA) is 89.8 Å². The van der Waals surface area contributed by atoms with Crippen LogP contribution in [0.5, 0.6) is 11.5 Å². The molecule has 8 heteroatoms. The van der Waals surface area contributed by atoms with Gasteiger partial charge in [-0.05, 0) is 50.9 Å². The summed E-state index contributed by atoms with van der Waals surface area (Å²) in [6.45, 7) is 17.8. The number of nitrogens with zero attached hydrogens (tertiary/aromatic N) is 3. The van der Waals surface area contributed by atoms with Crippen LogP contribution in [0.25, 0.3) is 0 Å². The smallest absolute Gasteiger partial charge is 0.182 e. The van der Waals surface area contributed by atoms with Crippen LogP contribution in [-0.4, -0.2) is 58.8 Å². The van der Waals surface area contributed by atoms with Gasteiger partial charge in [0, 0.05) is 40.9 Å². The number of phenols is 1. The third kappa shape index (κ3) is 6.34. The van der Waals surface area contributed by atoms with Crippen molar-refractivity contribution in [3.05, 3.63) is 51.3 Å². The Balaban J connectivity index is 0.00000481. The second kappa shape index (κ2) is 11.1. The van der Waals surface area contributed by atoms with Crippen molar-refractivity contribution in [2.75, 3.05) is 27.2 Å². The number of carbonyl (C=O) groups excluding carboxylic acids is 1. The summed E-state index contributed by atoms with van der Waals surface area (Å²) in [6.07, 6.45) is 0. The molecule has 2 N–H and O–H groups in total. The molecule has 3 rings (SSSR count). The van der Waals surface area contributed by atoms with Crippen molar-refractivity contribution < 1.29 is 14.6 Å². The first-order valence-corrected chi connectivity index (χ1v) is 12.6. The van der Waals surface area contributed by atoms with Crippen molar-refractivity contribution in [1.29, 1.82) is 5.41 Å². The fourth-order valence-electron chi connectivity index (χ4n) is 4.67. The van der Waals surface area contributed by atoms with Crippen molar-refractivity contribution in [3.63, 3.8) is 0 Å². The van der Waals surface area contributed by atoms with Crippen molar-refractivity contribution in [1.82, 2.24) is 14.8 Å². The number of benzene rings is 1. The Labute approximate surface area is 232 Å². The van der Waals surface area contributed by atoms with Crippen LogP contribution in [0.1, 0.15) is 92.5 Å². The highest BCUT2D eigenvalue weighted by molar-refractivity contribution is 8.93. The summed E-state index contributed by atoms with van der Waals surface area (Å²) in [7, 11) is 3.96. The molecular formula is C29H43BrN4O3. The molecule has 1 aromatic carbocycles. The molecule has 0 fully saturated rings. The molecule has 0 radical (unpaired) electrons. The Bertz CT molecular complexity index is 1160. The molecule has 0 unspecified atom stereocenters. The highest BCUT2D eigenvalue weighted by Gasteiger charge is 2.33. The van der Waals surface area contributed by atoms with Gasteiger partial charge in [-0.15, -0.1) is 17.0 Å². The van der Waals surface area contributed by atoms with Gasteiger partial charge in [0.1, 0.15) is 23.0 Å². The maximum absolute atomic E-state index is 13.6. The largest absolute Gasteiger partial charge is 0.507 e. The summed E-state index contributed by atoms with van der Waals surface area (Å²) >= 11 is 0. The maximum atomic E-state index is 13.6. The van der Waals surface area contributed by atoms with E-state index in [4.69, 9.17) is 15.1 Å². The van der Waals surface area contributed by atoms with E-state index in [0.717, 1.165) is 33.7 Å². The molecule has 7 nitrogen and oxygen atoms in total. The molecular weight excluding hydrogens is 532 g/mol. The SMILES string of the molecule is Br.CCOc1c(CN(C)C)nc2c(c1C)CN(CC(=O)c1cc(C(C)(C)C)c(O)c(C(C)(C)C)c1)C2=N. The first-order valence-electron chi connectivity index (χ1n) is 12.6. The number of amidine groups is 1. The number of aromatic nitrogens is 1. The average molecular weight is 576 g/mol. The van der Waals surface area contributed by atoms with Crippen molar-refractivity contribution in [2.24, 2.45) is 0 Å². The van der Waals surface area contributed by atoms with Gasteiger partial charge in [0.25, 0.3) is 0 Å². The van der Waals surface area contributed by atoms with E-state index in [0.29, 0.717) is 31.0 Å². The van der Waals surface area contributed by atoms with Gasteiger partial charge in [-0.2, -0.15) is 0 Å². The van der Waals surface area contributed by atoms with Crippen LogP contribution < -0.4 is 4.74 Å². The van der Waals surface area contributed by atoms with E-state index in [1.807, 2.05) is 86.5 Å². The number of fused-ring (bicyclic) bond motifs is 1. The molecule has 37 heavy (non-hydrogen) atoms. The second-order valence-corrected chi connectivity index (χ2v) is 12.1. The number of ether oxygens (including phenoxy) is 1. The number of halogens is 1. The van der Waals surface area contributed by atoms with Crippen LogP contribution >= 0.6 is 17.0 Å². The normalized spacial score (nSPS) is 13.6. The molecule has 2 aromatic rings. The number of pyridine rings is 1. The lowest BCUT2D eigenvalue weighted by Gasteiger charge is -2.28. The number of hydrogen-bond acceptors (Lipinski definition) is 6. The molecule has 2 heterocycles. The molecule has 0 atom stereocenters. The van der Waals surface area contributed by atoms with Crippen LogP contribution in [0.3, 0.4) is 0 Å². The zero-order chi connectivity index (χ0) is 27.2. The van der Waals surface area contributed by atoms with Gasteiger partial charge in [-0.3, -0.25) is 10.2 Å². The van der Waals surface area contributed by atoms with Crippen molar-refractivity contribution >= 4 is 28.6 Å². The van der Waals surface area contributed by atoms with Gasteiger partial charge in [-0.1, -0.05) is 41.5 Å². The van der Waals surface area contributed by atoms with Crippen molar-refractivity contribution in [2.45, 2.75) is 79.3 Å². The second-order valence-electron chi connectivity index (χ2n) is 12.1. The number of nitrogens with one attached hydrogen (secondary N) is 1. The third-order valence-corrected chi connectivity index (χ3v) is 6.61. The summed E-state index contributed by atoms with van der Waals surface area (Å²) < 4.78 is 5.95. The Hall–Kier alpha value is -2.45. The van der Waals surface area contributed by atoms with Crippen LogP contribution in [0.15, 0.2) is 12.1 Å². The summed E-state index contributed by atoms with van der Waals surface area (Å²) in [5.41, 5.74) is 4.77. The van der Waals surface area contributed by atoms with Gasteiger partial charge in [0.05, 0.1) is 18.8 Å². The van der Waals surface area contributed by atoms with Crippen LogP contribution in [0, 0.1) is 12.3 Å². The first kappa shape index (κ1) is 30.8. The highest BCUT2D eigenvalue weighted by atomic mass is 79.9. The average Bonchev–Trinajstić information content (AvgIpc) is 3.04. The van der Waals surface area contributed by atoms with Gasteiger partial charge in [-0.25, -0.2) is 4.98 Å². The number of carbonyl (C=O) groups is 1. The lowest BCUT2D eigenvalue weighted by Crippen LogP contribution is -2.31. The molecule has 204 valence electrons. The highest BCUT2D eigenvalue weighted by Crippen LogP contribution is 2.40. The lowest BCUT2D eigenvalue weighted by atomic mass is 9.78. The Morgan fingerprint density at radius 3 is 2.14 bits per heavy atom. The maximum Gasteiger partial charge on any atom is 0.182 e. The zero-order valence-electron chi connectivity index (χ0n) is 24.0. The summed E-state index contributed by atoms with van der Waals surface area (Å²) in [6, 6.07) is 3.62. The number of aromatic hydroxyl groups is 1. The molecule has 0 saturated heterocycles. The minimum atomic E-state index is -0.323. The minimum absolute atomic E-state index is 0. The summed E-state index contributed by atoms with van der Waals surface area (Å²) in [5.74, 6) is 1.20. The van der Waals surface area contributed by atoms with E-state index in [1.165, 1.54) is 0 Å². The number of ketones is 1. The minimum Gasteiger partial charge on any atom is -0.507 e. The number of rotatable bonds is 7. The van der Waals surface area contributed by atoms with Gasteiger partial charge in [0.2, 0.25) is 0 Å². The van der Waals surface area contributed by atoms with E-state index in [1.54, 1.807) is 4.90 Å². The quantitative estimate of drug-likeness (QED) is 0.409. The predicted octanol–water partition coefficient (Wildman–Crippen LogP) is 5.75. The molecule has 0 spiro atoms. The van der Waals surface area contributed by atoms with E-state index in [-0.39, 0.29) is 51.7 Å². The van der Waals surface area contributed by atoms with E-state index < -0.39 is 0 Å². The van der Waals surface area contributed by atoms with Gasteiger partial charge in [0.15, 0.2) is 5.78 Å². The fourth-order valence-corrected chi connectivity index (χ4v) is 4.67. The first-order chi connectivity index (χ1) is 16.6. The third-order valence-electron chi connectivity index (χ3n) is 6.61. The molecule has 1 aliphatic heterocycles. The number of phenolic OH excluding ortho intramolecular Hbond substituents is 1.